The minimum Gasteiger partial charge on any atom is -0.379 e. The monoisotopic (exact) mass is 408 g/mol. The molecule has 4 nitrogen and oxygen atoms in total. The maximum Gasteiger partial charge on any atom is 0.253 e. The van der Waals surface area contributed by atoms with Gasteiger partial charge in [-0.2, -0.15) is 0 Å². The van der Waals surface area contributed by atoms with Crippen LogP contribution in [-0.2, 0) is 17.8 Å². The van der Waals surface area contributed by atoms with Crippen molar-refractivity contribution in [3.8, 4) is 0 Å². The SMILES string of the molecule is CN(Cc1ccc(Br)s1)C(=O)c1cccc(CN2CCOCC2)c1. The first kappa shape index (κ1) is 17.6. The van der Waals surface area contributed by atoms with Gasteiger partial charge in [0.05, 0.1) is 23.5 Å². The second kappa shape index (κ2) is 8.25. The van der Waals surface area contributed by atoms with Crippen molar-refractivity contribution in [1.29, 1.82) is 0 Å². The Hall–Kier alpha value is -1.21. The molecule has 1 aromatic heterocycles. The second-order valence-electron chi connectivity index (χ2n) is 5.96. The number of morpholine rings is 1. The third-order valence-electron chi connectivity index (χ3n) is 4.05. The van der Waals surface area contributed by atoms with Crippen molar-refractivity contribution in [3.05, 3.63) is 56.2 Å². The van der Waals surface area contributed by atoms with Crippen LogP contribution in [-0.4, -0.2) is 49.1 Å². The smallest absolute Gasteiger partial charge is 0.253 e. The molecular formula is C18H21BrN2O2S. The number of amides is 1. The number of hydrogen-bond donors (Lipinski definition) is 0. The number of nitrogens with zero attached hydrogens (tertiary/aromatic N) is 2. The lowest BCUT2D eigenvalue weighted by molar-refractivity contribution is 0.0341. The normalized spacial score (nSPS) is 15.4. The van der Waals surface area contributed by atoms with Crippen LogP contribution in [0.3, 0.4) is 0 Å². The Morgan fingerprint density at radius 1 is 1.29 bits per heavy atom. The van der Waals surface area contributed by atoms with Crippen LogP contribution in [0.5, 0.6) is 0 Å². The summed E-state index contributed by atoms with van der Waals surface area (Å²) in [5, 5.41) is 0. The van der Waals surface area contributed by atoms with Gasteiger partial charge in [0, 0.05) is 37.1 Å². The van der Waals surface area contributed by atoms with E-state index in [1.165, 1.54) is 10.4 Å². The molecule has 1 aliphatic rings. The fraction of sp³-hybridized carbons (Fsp3) is 0.389. The highest BCUT2D eigenvalue weighted by atomic mass is 79.9. The van der Waals surface area contributed by atoms with Gasteiger partial charge in [0.1, 0.15) is 0 Å². The molecule has 1 amide bonds. The van der Waals surface area contributed by atoms with Crippen molar-refractivity contribution in [3.63, 3.8) is 0 Å². The van der Waals surface area contributed by atoms with E-state index in [0.29, 0.717) is 6.54 Å². The van der Waals surface area contributed by atoms with Gasteiger partial charge in [-0.3, -0.25) is 9.69 Å². The topological polar surface area (TPSA) is 32.8 Å². The summed E-state index contributed by atoms with van der Waals surface area (Å²) in [4.78, 5) is 18.0. The van der Waals surface area contributed by atoms with Crippen LogP contribution in [0.4, 0.5) is 0 Å². The highest BCUT2D eigenvalue weighted by Gasteiger charge is 2.15. The van der Waals surface area contributed by atoms with Gasteiger partial charge >= 0.3 is 0 Å². The van der Waals surface area contributed by atoms with Crippen LogP contribution in [0, 0.1) is 0 Å². The first-order valence-corrected chi connectivity index (χ1v) is 9.61. The van der Waals surface area contributed by atoms with E-state index in [0.717, 1.165) is 42.2 Å². The predicted molar refractivity (Wildman–Crippen MR) is 100 cm³/mol. The zero-order valence-corrected chi connectivity index (χ0v) is 16.1. The van der Waals surface area contributed by atoms with Gasteiger partial charge in [-0.15, -0.1) is 11.3 Å². The summed E-state index contributed by atoms with van der Waals surface area (Å²) in [6.45, 7) is 4.97. The highest BCUT2D eigenvalue weighted by Crippen LogP contribution is 2.23. The molecule has 24 heavy (non-hydrogen) atoms. The Bertz CT molecular complexity index is 698. The van der Waals surface area contributed by atoms with Gasteiger partial charge in [-0.25, -0.2) is 0 Å². The van der Waals surface area contributed by atoms with E-state index in [9.17, 15) is 4.79 Å². The summed E-state index contributed by atoms with van der Waals surface area (Å²) < 4.78 is 6.47. The van der Waals surface area contributed by atoms with Crippen molar-refractivity contribution in [2.75, 3.05) is 33.4 Å². The highest BCUT2D eigenvalue weighted by molar-refractivity contribution is 9.11. The number of halogens is 1. The second-order valence-corrected chi connectivity index (χ2v) is 8.50. The molecular weight excluding hydrogens is 388 g/mol. The molecule has 1 aromatic carbocycles. The third-order valence-corrected chi connectivity index (χ3v) is 5.66. The van der Waals surface area contributed by atoms with Crippen molar-refractivity contribution in [2.45, 2.75) is 13.1 Å². The van der Waals surface area contributed by atoms with Gasteiger partial charge in [-0.05, 0) is 45.8 Å². The summed E-state index contributed by atoms with van der Waals surface area (Å²) in [7, 11) is 1.85. The molecule has 3 rings (SSSR count). The van der Waals surface area contributed by atoms with Crippen molar-refractivity contribution < 1.29 is 9.53 Å². The quantitative estimate of drug-likeness (QED) is 0.757. The fourth-order valence-corrected chi connectivity index (χ4v) is 4.32. The van der Waals surface area contributed by atoms with Crippen LogP contribution in [0.1, 0.15) is 20.8 Å². The summed E-state index contributed by atoms with van der Waals surface area (Å²) in [5.74, 6) is 0.0587. The van der Waals surface area contributed by atoms with Crippen LogP contribution < -0.4 is 0 Å². The summed E-state index contributed by atoms with van der Waals surface area (Å²) >= 11 is 5.12. The molecule has 0 spiro atoms. The molecule has 0 saturated carbocycles. The number of carbonyl (C=O) groups is 1. The number of hydrogen-bond acceptors (Lipinski definition) is 4. The molecule has 1 saturated heterocycles. The van der Waals surface area contributed by atoms with E-state index in [1.807, 2.05) is 37.4 Å². The standard InChI is InChI=1S/C18H21BrN2O2S/c1-20(13-16-5-6-17(19)24-16)18(22)15-4-2-3-14(11-15)12-21-7-9-23-10-8-21/h2-6,11H,7-10,12-13H2,1H3. The Morgan fingerprint density at radius 2 is 2.08 bits per heavy atom. The maximum atomic E-state index is 12.7. The summed E-state index contributed by atoms with van der Waals surface area (Å²) in [6, 6.07) is 12.0. The molecule has 6 heteroatoms. The number of thiophene rings is 1. The van der Waals surface area contributed by atoms with Crippen molar-refractivity contribution in [2.24, 2.45) is 0 Å². The Balaban J connectivity index is 1.64. The van der Waals surface area contributed by atoms with Gasteiger partial charge in [0.25, 0.3) is 5.91 Å². The van der Waals surface area contributed by atoms with Crippen LogP contribution in [0.15, 0.2) is 40.2 Å². The number of rotatable bonds is 5. The average Bonchev–Trinajstić information content (AvgIpc) is 3.00. The third kappa shape index (κ3) is 4.66. The predicted octanol–water partition coefficient (Wildman–Crippen LogP) is 3.62. The molecule has 0 unspecified atom stereocenters. The molecule has 0 radical (unpaired) electrons. The lowest BCUT2D eigenvalue weighted by atomic mass is 10.1. The molecule has 2 aromatic rings. The zero-order valence-electron chi connectivity index (χ0n) is 13.7. The van der Waals surface area contributed by atoms with Crippen LogP contribution in [0.25, 0.3) is 0 Å². The van der Waals surface area contributed by atoms with E-state index >= 15 is 0 Å². The van der Waals surface area contributed by atoms with E-state index in [1.54, 1.807) is 16.2 Å². The Kier molecular flexibility index (Phi) is 6.05. The molecule has 2 heterocycles. The first-order chi connectivity index (χ1) is 11.6. The molecule has 1 aliphatic heterocycles. The van der Waals surface area contributed by atoms with E-state index in [2.05, 4.69) is 26.9 Å². The summed E-state index contributed by atoms with van der Waals surface area (Å²) in [6.07, 6.45) is 0. The molecule has 0 bridgehead atoms. The Labute approximate surface area is 155 Å². The molecule has 0 N–H and O–H groups in total. The van der Waals surface area contributed by atoms with Crippen LogP contribution in [0.2, 0.25) is 0 Å². The minimum atomic E-state index is 0.0587. The van der Waals surface area contributed by atoms with Gasteiger partial charge < -0.3 is 9.64 Å². The van der Waals surface area contributed by atoms with Gasteiger partial charge in [-0.1, -0.05) is 12.1 Å². The summed E-state index contributed by atoms with van der Waals surface area (Å²) in [5.41, 5.74) is 1.92. The minimum absolute atomic E-state index is 0.0587. The van der Waals surface area contributed by atoms with Crippen molar-refractivity contribution in [1.82, 2.24) is 9.80 Å². The number of benzene rings is 1. The first-order valence-electron chi connectivity index (χ1n) is 8.00. The van der Waals surface area contributed by atoms with E-state index in [4.69, 9.17) is 4.74 Å². The molecule has 1 fully saturated rings. The fourth-order valence-electron chi connectivity index (χ4n) is 2.78. The van der Waals surface area contributed by atoms with Crippen molar-refractivity contribution >= 4 is 33.2 Å². The van der Waals surface area contributed by atoms with Gasteiger partial charge in [0.2, 0.25) is 0 Å². The van der Waals surface area contributed by atoms with Gasteiger partial charge in [0.15, 0.2) is 0 Å². The molecule has 0 aliphatic carbocycles. The van der Waals surface area contributed by atoms with E-state index in [-0.39, 0.29) is 5.91 Å². The molecule has 128 valence electrons. The Morgan fingerprint density at radius 3 is 2.79 bits per heavy atom. The largest absolute Gasteiger partial charge is 0.379 e. The lowest BCUT2D eigenvalue weighted by Gasteiger charge is -2.26. The number of ether oxygens (including phenoxy) is 1. The number of carbonyl (C=O) groups excluding carboxylic acids is 1. The maximum absolute atomic E-state index is 12.7. The lowest BCUT2D eigenvalue weighted by Crippen LogP contribution is -2.35. The molecule has 0 atom stereocenters. The zero-order chi connectivity index (χ0) is 16.9. The van der Waals surface area contributed by atoms with Crippen LogP contribution >= 0.6 is 27.3 Å². The average molecular weight is 409 g/mol. The van der Waals surface area contributed by atoms with E-state index < -0.39 is 0 Å².